The Hall–Kier alpha value is -1.15. The van der Waals surface area contributed by atoms with Crippen LogP contribution in [0.2, 0.25) is 0 Å². The summed E-state index contributed by atoms with van der Waals surface area (Å²) in [5.74, 6) is -0.262. The van der Waals surface area contributed by atoms with Crippen molar-refractivity contribution in [2.24, 2.45) is 0 Å². The number of benzene rings is 1. The van der Waals surface area contributed by atoms with E-state index in [2.05, 4.69) is 0 Å². The highest BCUT2D eigenvalue weighted by Gasteiger charge is 2.15. The molecule has 0 heterocycles. The van der Waals surface area contributed by atoms with Gasteiger partial charge in [-0.25, -0.2) is 4.39 Å². The van der Waals surface area contributed by atoms with Gasteiger partial charge in [0.2, 0.25) is 0 Å². The van der Waals surface area contributed by atoms with Crippen LogP contribution in [-0.2, 0) is 0 Å². The van der Waals surface area contributed by atoms with E-state index < -0.39 is 6.10 Å². The predicted octanol–water partition coefficient (Wildman–Crippen LogP) is 2.28. The van der Waals surface area contributed by atoms with Crippen LogP contribution >= 0.6 is 0 Å². The first-order valence-corrected chi connectivity index (χ1v) is 3.92. The highest BCUT2D eigenvalue weighted by Crippen LogP contribution is 2.28. The molecule has 0 amide bonds. The third-order valence-electron chi connectivity index (χ3n) is 2.09. The van der Waals surface area contributed by atoms with Gasteiger partial charge in [0.05, 0.1) is 6.10 Å². The highest BCUT2D eigenvalue weighted by atomic mass is 19.1. The van der Waals surface area contributed by atoms with E-state index >= 15 is 0 Å². The summed E-state index contributed by atoms with van der Waals surface area (Å²) in [5.41, 5.74) is 1.22. The van der Waals surface area contributed by atoms with Crippen LogP contribution in [-0.4, -0.2) is 5.11 Å². The fraction of sp³-hybridized carbons (Fsp3) is 0.200. The van der Waals surface area contributed by atoms with E-state index in [1.54, 1.807) is 24.3 Å². The van der Waals surface area contributed by atoms with Gasteiger partial charge in [0.1, 0.15) is 5.82 Å². The maximum absolute atomic E-state index is 13.1. The maximum atomic E-state index is 13.1. The van der Waals surface area contributed by atoms with Crippen LogP contribution in [0.3, 0.4) is 0 Å². The molecule has 0 aromatic heterocycles. The molecule has 1 aliphatic rings. The van der Waals surface area contributed by atoms with Crippen molar-refractivity contribution >= 4 is 6.08 Å². The number of aliphatic hydroxyl groups excluding tert-OH is 1. The van der Waals surface area contributed by atoms with Crippen molar-refractivity contribution in [3.63, 3.8) is 0 Å². The molecule has 1 aliphatic carbocycles. The Morgan fingerprint density at radius 1 is 1.42 bits per heavy atom. The van der Waals surface area contributed by atoms with Crippen molar-refractivity contribution in [1.29, 1.82) is 0 Å². The van der Waals surface area contributed by atoms with Crippen LogP contribution in [0.5, 0.6) is 0 Å². The minimum Gasteiger partial charge on any atom is -0.388 e. The molecule has 1 N–H and O–H groups in total. The van der Waals surface area contributed by atoms with Crippen LogP contribution in [0, 0.1) is 5.82 Å². The van der Waals surface area contributed by atoms with Gasteiger partial charge in [0.15, 0.2) is 0 Å². The molecular formula is C10H9FO. The van der Waals surface area contributed by atoms with Crippen LogP contribution in [0.25, 0.3) is 6.08 Å². The third kappa shape index (κ3) is 1.04. The lowest BCUT2D eigenvalue weighted by Crippen LogP contribution is -2.03. The first-order chi connectivity index (χ1) is 5.79. The summed E-state index contributed by atoms with van der Waals surface area (Å²) in [5, 5.41) is 9.47. The lowest BCUT2D eigenvalue weighted by molar-refractivity contribution is 0.179. The Morgan fingerprint density at radius 3 is 3.00 bits per heavy atom. The molecule has 0 aliphatic heterocycles. The number of hydrogen-bond donors (Lipinski definition) is 1. The van der Waals surface area contributed by atoms with Crippen molar-refractivity contribution in [3.05, 3.63) is 41.2 Å². The summed E-state index contributed by atoms with van der Waals surface area (Å²) >= 11 is 0. The molecule has 0 saturated heterocycles. The second-order valence-corrected chi connectivity index (χ2v) is 2.90. The van der Waals surface area contributed by atoms with Gasteiger partial charge in [-0.1, -0.05) is 24.3 Å². The molecule has 1 aromatic rings. The summed E-state index contributed by atoms with van der Waals surface area (Å²) in [6.45, 7) is 0. The van der Waals surface area contributed by atoms with Gasteiger partial charge in [-0.3, -0.25) is 0 Å². The fourth-order valence-corrected chi connectivity index (χ4v) is 1.46. The molecule has 0 spiro atoms. The first-order valence-electron chi connectivity index (χ1n) is 3.92. The van der Waals surface area contributed by atoms with Crippen molar-refractivity contribution in [3.8, 4) is 0 Å². The SMILES string of the molecule is O[C@@H]1CC=Cc2c(F)cccc21. The van der Waals surface area contributed by atoms with Crippen LogP contribution in [0.4, 0.5) is 4.39 Å². The van der Waals surface area contributed by atoms with Gasteiger partial charge in [-0.05, 0) is 18.1 Å². The van der Waals surface area contributed by atoms with Crippen LogP contribution in [0.1, 0.15) is 23.7 Å². The molecule has 2 heteroatoms. The molecule has 1 atom stereocenters. The molecular weight excluding hydrogens is 155 g/mol. The average Bonchev–Trinajstić information content (AvgIpc) is 2.07. The largest absolute Gasteiger partial charge is 0.388 e. The minimum absolute atomic E-state index is 0.262. The number of rotatable bonds is 0. The van der Waals surface area contributed by atoms with E-state index in [-0.39, 0.29) is 5.82 Å². The van der Waals surface area contributed by atoms with Crippen molar-refractivity contribution < 1.29 is 9.50 Å². The number of aliphatic hydroxyl groups is 1. The molecule has 0 unspecified atom stereocenters. The van der Waals surface area contributed by atoms with Gasteiger partial charge in [0, 0.05) is 5.56 Å². The Labute approximate surface area is 70.2 Å². The number of halogens is 1. The van der Waals surface area contributed by atoms with Gasteiger partial charge in [0.25, 0.3) is 0 Å². The van der Waals surface area contributed by atoms with Gasteiger partial charge < -0.3 is 5.11 Å². The molecule has 2 rings (SSSR count). The van der Waals surface area contributed by atoms with E-state index in [1.165, 1.54) is 6.07 Å². The van der Waals surface area contributed by atoms with Gasteiger partial charge in [-0.15, -0.1) is 0 Å². The van der Waals surface area contributed by atoms with E-state index in [0.717, 1.165) is 0 Å². The van der Waals surface area contributed by atoms with E-state index in [9.17, 15) is 9.50 Å². The van der Waals surface area contributed by atoms with E-state index in [1.807, 2.05) is 0 Å². The molecule has 0 fully saturated rings. The molecule has 0 bridgehead atoms. The quantitative estimate of drug-likeness (QED) is 0.623. The number of hydrogen-bond acceptors (Lipinski definition) is 1. The molecule has 1 nitrogen and oxygen atoms in total. The lowest BCUT2D eigenvalue weighted by Gasteiger charge is -2.16. The zero-order chi connectivity index (χ0) is 8.55. The second kappa shape index (κ2) is 2.72. The van der Waals surface area contributed by atoms with Crippen LogP contribution < -0.4 is 0 Å². The van der Waals surface area contributed by atoms with Crippen molar-refractivity contribution in [2.45, 2.75) is 12.5 Å². The Morgan fingerprint density at radius 2 is 2.25 bits per heavy atom. The summed E-state index contributed by atoms with van der Waals surface area (Å²) in [4.78, 5) is 0. The standard InChI is InChI=1S/C10H9FO/c11-9-5-1-4-8-7(9)3-2-6-10(8)12/h1-5,10,12H,6H2/t10-/m1/s1. The summed E-state index contributed by atoms with van der Waals surface area (Å²) in [7, 11) is 0. The molecule has 0 saturated carbocycles. The van der Waals surface area contributed by atoms with E-state index in [4.69, 9.17) is 0 Å². The third-order valence-corrected chi connectivity index (χ3v) is 2.09. The predicted molar refractivity (Wildman–Crippen MR) is 45.0 cm³/mol. The summed E-state index contributed by atoms with van der Waals surface area (Å²) < 4.78 is 13.1. The number of fused-ring (bicyclic) bond motifs is 1. The fourth-order valence-electron chi connectivity index (χ4n) is 1.46. The van der Waals surface area contributed by atoms with Crippen molar-refractivity contribution in [2.75, 3.05) is 0 Å². The Kier molecular flexibility index (Phi) is 1.70. The summed E-state index contributed by atoms with van der Waals surface area (Å²) in [6, 6.07) is 4.78. The smallest absolute Gasteiger partial charge is 0.130 e. The highest BCUT2D eigenvalue weighted by molar-refractivity contribution is 5.57. The monoisotopic (exact) mass is 164 g/mol. The minimum atomic E-state index is -0.541. The van der Waals surface area contributed by atoms with Crippen LogP contribution in [0.15, 0.2) is 24.3 Å². The Balaban J connectivity index is 2.61. The lowest BCUT2D eigenvalue weighted by atomic mass is 9.95. The van der Waals surface area contributed by atoms with Gasteiger partial charge in [-0.2, -0.15) is 0 Å². The van der Waals surface area contributed by atoms with Crippen molar-refractivity contribution in [1.82, 2.24) is 0 Å². The van der Waals surface area contributed by atoms with Gasteiger partial charge >= 0.3 is 0 Å². The molecule has 1 aromatic carbocycles. The normalized spacial score (nSPS) is 20.7. The zero-order valence-corrected chi connectivity index (χ0v) is 6.50. The summed E-state index contributed by atoms with van der Waals surface area (Å²) in [6.07, 6.45) is 3.55. The molecule has 12 heavy (non-hydrogen) atoms. The Bertz CT molecular complexity index is 331. The maximum Gasteiger partial charge on any atom is 0.130 e. The zero-order valence-electron chi connectivity index (χ0n) is 6.50. The molecule has 62 valence electrons. The topological polar surface area (TPSA) is 20.2 Å². The molecule has 0 radical (unpaired) electrons. The van der Waals surface area contributed by atoms with E-state index in [0.29, 0.717) is 17.5 Å². The first kappa shape index (κ1) is 7.50. The average molecular weight is 164 g/mol. The second-order valence-electron chi connectivity index (χ2n) is 2.90.